The summed E-state index contributed by atoms with van der Waals surface area (Å²) >= 11 is 0. The SMILES string of the molecule is COc1cc2c(c(OC)c1OC)-c1ccc(=O)c(OC)cc1CCC2. The summed E-state index contributed by atoms with van der Waals surface area (Å²) in [6.07, 6.45) is 2.69. The van der Waals surface area contributed by atoms with E-state index in [2.05, 4.69) is 0 Å². The molecule has 5 heteroatoms. The van der Waals surface area contributed by atoms with Crippen molar-refractivity contribution in [3.05, 3.63) is 45.6 Å². The van der Waals surface area contributed by atoms with Crippen molar-refractivity contribution in [1.29, 1.82) is 0 Å². The third kappa shape index (κ3) is 2.90. The molecule has 0 aromatic heterocycles. The van der Waals surface area contributed by atoms with Crippen LogP contribution in [-0.4, -0.2) is 28.4 Å². The highest BCUT2D eigenvalue weighted by molar-refractivity contribution is 5.82. The fraction of sp³-hybridized carbons (Fsp3) is 0.350. The summed E-state index contributed by atoms with van der Waals surface area (Å²) in [5.41, 5.74) is 3.95. The Morgan fingerprint density at radius 1 is 0.760 bits per heavy atom. The van der Waals surface area contributed by atoms with Gasteiger partial charge in [-0.1, -0.05) is 0 Å². The molecule has 0 amide bonds. The number of aryl methyl sites for hydroxylation is 2. The lowest BCUT2D eigenvalue weighted by molar-refractivity contribution is 0.324. The normalized spacial score (nSPS) is 12.5. The van der Waals surface area contributed by atoms with E-state index >= 15 is 0 Å². The fourth-order valence-corrected chi connectivity index (χ4v) is 3.43. The van der Waals surface area contributed by atoms with Gasteiger partial charge in [-0.25, -0.2) is 0 Å². The number of methoxy groups -OCH3 is 4. The molecule has 1 aliphatic rings. The molecule has 0 aliphatic heterocycles. The van der Waals surface area contributed by atoms with Crippen molar-refractivity contribution in [3.63, 3.8) is 0 Å². The van der Waals surface area contributed by atoms with Crippen molar-refractivity contribution >= 4 is 0 Å². The van der Waals surface area contributed by atoms with Crippen LogP contribution >= 0.6 is 0 Å². The van der Waals surface area contributed by atoms with Crippen LogP contribution in [0.5, 0.6) is 23.0 Å². The molecule has 0 unspecified atom stereocenters. The van der Waals surface area contributed by atoms with E-state index in [1.807, 2.05) is 18.2 Å². The zero-order valence-corrected chi connectivity index (χ0v) is 15.0. The molecular weight excluding hydrogens is 320 g/mol. The van der Waals surface area contributed by atoms with Crippen molar-refractivity contribution < 1.29 is 18.9 Å². The summed E-state index contributed by atoms with van der Waals surface area (Å²) in [6.45, 7) is 0. The third-order valence-corrected chi connectivity index (χ3v) is 4.59. The Morgan fingerprint density at radius 3 is 2.04 bits per heavy atom. The van der Waals surface area contributed by atoms with E-state index in [0.29, 0.717) is 23.0 Å². The van der Waals surface area contributed by atoms with Gasteiger partial charge in [-0.05, 0) is 60.2 Å². The van der Waals surface area contributed by atoms with Crippen LogP contribution in [-0.2, 0) is 12.8 Å². The Balaban J connectivity index is 2.40. The van der Waals surface area contributed by atoms with Crippen LogP contribution in [0.15, 0.2) is 29.1 Å². The molecule has 2 aromatic rings. The van der Waals surface area contributed by atoms with Gasteiger partial charge in [-0.3, -0.25) is 4.79 Å². The van der Waals surface area contributed by atoms with Crippen LogP contribution in [0.3, 0.4) is 0 Å². The molecule has 0 radical (unpaired) electrons. The lowest BCUT2D eigenvalue weighted by Crippen LogP contribution is -2.00. The van der Waals surface area contributed by atoms with Gasteiger partial charge in [-0.15, -0.1) is 0 Å². The highest BCUT2D eigenvalue weighted by Gasteiger charge is 2.25. The summed E-state index contributed by atoms with van der Waals surface area (Å²) in [7, 11) is 6.34. The molecule has 0 spiro atoms. The van der Waals surface area contributed by atoms with Crippen molar-refractivity contribution in [2.75, 3.05) is 28.4 Å². The Labute approximate surface area is 147 Å². The summed E-state index contributed by atoms with van der Waals surface area (Å²) in [4.78, 5) is 12.2. The number of benzene rings is 1. The van der Waals surface area contributed by atoms with E-state index in [1.54, 1.807) is 27.4 Å². The first kappa shape index (κ1) is 17.1. The van der Waals surface area contributed by atoms with Crippen LogP contribution < -0.4 is 24.4 Å². The summed E-state index contributed by atoms with van der Waals surface area (Å²) in [5, 5.41) is 0. The lowest BCUT2D eigenvalue weighted by Gasteiger charge is -2.19. The number of fused-ring (bicyclic) bond motifs is 3. The van der Waals surface area contributed by atoms with Crippen molar-refractivity contribution in [1.82, 2.24) is 0 Å². The van der Waals surface area contributed by atoms with Gasteiger partial charge in [0.1, 0.15) is 0 Å². The number of hydrogen-bond donors (Lipinski definition) is 0. The van der Waals surface area contributed by atoms with Crippen molar-refractivity contribution in [2.45, 2.75) is 19.3 Å². The summed E-state index contributed by atoms with van der Waals surface area (Å²) < 4.78 is 22.0. The van der Waals surface area contributed by atoms with Gasteiger partial charge in [0.05, 0.1) is 28.4 Å². The Morgan fingerprint density at radius 2 is 1.40 bits per heavy atom. The van der Waals surface area contributed by atoms with Gasteiger partial charge < -0.3 is 18.9 Å². The van der Waals surface area contributed by atoms with Crippen LogP contribution in [0.2, 0.25) is 0 Å². The standard InChI is InChI=1S/C20H22O5/c1-22-16-10-12-6-5-7-13-11-17(23-2)19(24-3)20(25-4)18(13)14(12)8-9-15(16)21/h8-11H,5-7H2,1-4H3. The number of rotatable bonds is 4. The molecule has 5 nitrogen and oxygen atoms in total. The van der Waals surface area contributed by atoms with E-state index in [4.69, 9.17) is 18.9 Å². The maximum absolute atomic E-state index is 12.2. The highest BCUT2D eigenvalue weighted by atomic mass is 16.5. The summed E-state index contributed by atoms with van der Waals surface area (Å²) in [5.74, 6) is 2.17. The second-order valence-corrected chi connectivity index (χ2v) is 5.88. The Hall–Kier alpha value is -2.69. The number of ether oxygens (including phenoxy) is 4. The minimum Gasteiger partial charge on any atom is -0.493 e. The number of hydrogen-bond acceptors (Lipinski definition) is 5. The van der Waals surface area contributed by atoms with E-state index in [9.17, 15) is 4.79 Å². The van der Waals surface area contributed by atoms with Gasteiger partial charge >= 0.3 is 0 Å². The molecule has 0 atom stereocenters. The molecule has 1 aliphatic carbocycles. The molecule has 0 saturated heterocycles. The van der Waals surface area contributed by atoms with E-state index < -0.39 is 0 Å². The first-order chi connectivity index (χ1) is 12.1. The lowest BCUT2D eigenvalue weighted by atomic mass is 9.96. The molecule has 25 heavy (non-hydrogen) atoms. The predicted octanol–water partition coefficient (Wildman–Crippen LogP) is 3.24. The predicted molar refractivity (Wildman–Crippen MR) is 96.4 cm³/mol. The minimum atomic E-state index is -0.142. The topological polar surface area (TPSA) is 54.0 Å². The first-order valence-electron chi connectivity index (χ1n) is 8.18. The zero-order valence-electron chi connectivity index (χ0n) is 15.0. The quantitative estimate of drug-likeness (QED) is 0.854. The molecular formula is C20H22O5. The van der Waals surface area contributed by atoms with Crippen LogP contribution in [0.25, 0.3) is 11.1 Å². The van der Waals surface area contributed by atoms with Crippen LogP contribution in [0.1, 0.15) is 17.5 Å². The molecule has 3 rings (SSSR count). The average Bonchev–Trinajstić information content (AvgIpc) is 2.90. The van der Waals surface area contributed by atoms with Crippen LogP contribution in [0.4, 0.5) is 0 Å². The first-order valence-corrected chi connectivity index (χ1v) is 8.18. The maximum atomic E-state index is 12.2. The van der Waals surface area contributed by atoms with Gasteiger partial charge in [0.2, 0.25) is 11.2 Å². The van der Waals surface area contributed by atoms with Gasteiger partial charge in [0, 0.05) is 5.56 Å². The fourth-order valence-electron chi connectivity index (χ4n) is 3.43. The second-order valence-electron chi connectivity index (χ2n) is 5.88. The zero-order chi connectivity index (χ0) is 18.0. The Bertz CT molecular complexity index is 858. The van der Waals surface area contributed by atoms with E-state index in [0.717, 1.165) is 41.5 Å². The molecule has 0 N–H and O–H groups in total. The van der Waals surface area contributed by atoms with Crippen molar-refractivity contribution in [2.24, 2.45) is 0 Å². The smallest absolute Gasteiger partial charge is 0.220 e. The largest absolute Gasteiger partial charge is 0.493 e. The molecule has 0 fully saturated rings. The average molecular weight is 342 g/mol. The van der Waals surface area contributed by atoms with Crippen molar-refractivity contribution in [3.8, 4) is 34.1 Å². The third-order valence-electron chi connectivity index (χ3n) is 4.59. The van der Waals surface area contributed by atoms with Gasteiger partial charge in [0.25, 0.3) is 0 Å². The van der Waals surface area contributed by atoms with E-state index in [1.165, 1.54) is 7.11 Å². The minimum absolute atomic E-state index is 0.142. The second kappa shape index (κ2) is 7.05. The van der Waals surface area contributed by atoms with Gasteiger partial charge in [-0.2, -0.15) is 0 Å². The van der Waals surface area contributed by atoms with E-state index in [-0.39, 0.29) is 5.43 Å². The molecule has 2 aromatic carbocycles. The molecule has 0 saturated carbocycles. The van der Waals surface area contributed by atoms with Gasteiger partial charge in [0.15, 0.2) is 17.2 Å². The Kier molecular flexibility index (Phi) is 4.83. The maximum Gasteiger partial charge on any atom is 0.220 e. The molecule has 132 valence electrons. The summed E-state index contributed by atoms with van der Waals surface area (Å²) in [6, 6.07) is 7.22. The monoisotopic (exact) mass is 342 g/mol. The molecule has 0 heterocycles. The molecule has 0 bridgehead atoms. The van der Waals surface area contributed by atoms with Crippen LogP contribution in [0, 0.1) is 0 Å². The highest BCUT2D eigenvalue weighted by Crippen LogP contribution is 2.48.